The molecule has 3 aromatic rings. The third-order valence-electron chi connectivity index (χ3n) is 4.52. The van der Waals surface area contributed by atoms with Crippen LogP contribution >= 0.6 is 0 Å². The first-order valence-electron chi connectivity index (χ1n) is 8.18. The Labute approximate surface area is 145 Å². The molecule has 25 heavy (non-hydrogen) atoms. The summed E-state index contributed by atoms with van der Waals surface area (Å²) >= 11 is 0. The van der Waals surface area contributed by atoms with Crippen molar-refractivity contribution in [3.63, 3.8) is 0 Å². The monoisotopic (exact) mass is 359 g/mol. The number of benzene rings is 2. The van der Waals surface area contributed by atoms with Gasteiger partial charge < -0.3 is 4.74 Å². The molecular formula is C19H18FNO3S. The van der Waals surface area contributed by atoms with Gasteiger partial charge in [0.2, 0.25) is 5.88 Å². The van der Waals surface area contributed by atoms with Crippen LogP contribution in [0.5, 0.6) is 5.88 Å². The standard InChI is InChI=1S/C19H18FNO3S/c1-13-6-8-17(9-7-13)25(22,23)21-18-5-3-2-4-14(18)10-19(21)24-16-11-15(20)12-16/h2-10,15-16H,11-12H2,1H3. The minimum absolute atomic E-state index is 0.196. The van der Waals surface area contributed by atoms with E-state index in [0.29, 0.717) is 18.4 Å². The van der Waals surface area contributed by atoms with Crippen LogP contribution < -0.4 is 4.74 Å². The van der Waals surface area contributed by atoms with Gasteiger partial charge in [0.1, 0.15) is 12.3 Å². The normalized spacial score (nSPS) is 20.4. The molecule has 1 saturated carbocycles. The Bertz CT molecular complexity index is 1020. The largest absolute Gasteiger partial charge is 0.475 e. The first kappa shape index (κ1) is 16.1. The number of hydrogen-bond acceptors (Lipinski definition) is 3. The number of nitrogens with zero attached hydrogens (tertiary/aromatic N) is 1. The molecule has 1 aliphatic rings. The molecule has 1 aliphatic carbocycles. The van der Waals surface area contributed by atoms with Gasteiger partial charge in [0, 0.05) is 24.3 Å². The SMILES string of the molecule is Cc1ccc(S(=O)(=O)n2c(OC3CC(F)C3)cc3ccccc32)cc1. The Morgan fingerprint density at radius 1 is 1.08 bits per heavy atom. The molecule has 2 aromatic carbocycles. The third-order valence-corrected chi connectivity index (χ3v) is 6.24. The maximum Gasteiger partial charge on any atom is 0.271 e. The second kappa shape index (κ2) is 5.88. The van der Waals surface area contributed by atoms with Crippen molar-refractivity contribution in [1.29, 1.82) is 0 Å². The molecule has 130 valence electrons. The van der Waals surface area contributed by atoms with Gasteiger partial charge in [-0.2, -0.15) is 0 Å². The van der Waals surface area contributed by atoms with E-state index in [1.54, 1.807) is 42.5 Å². The zero-order valence-corrected chi connectivity index (χ0v) is 14.5. The van der Waals surface area contributed by atoms with E-state index in [2.05, 4.69) is 0 Å². The zero-order chi connectivity index (χ0) is 17.6. The number of ether oxygens (including phenoxy) is 1. The fourth-order valence-corrected chi connectivity index (χ4v) is 4.47. The first-order chi connectivity index (χ1) is 11.9. The van der Waals surface area contributed by atoms with Gasteiger partial charge >= 0.3 is 0 Å². The van der Waals surface area contributed by atoms with Crippen molar-refractivity contribution in [3.8, 4) is 5.88 Å². The highest BCUT2D eigenvalue weighted by Crippen LogP contribution is 2.34. The summed E-state index contributed by atoms with van der Waals surface area (Å²) in [6, 6.07) is 15.6. The Kier molecular flexibility index (Phi) is 3.80. The lowest BCUT2D eigenvalue weighted by molar-refractivity contribution is 0.0375. The molecule has 0 amide bonds. The van der Waals surface area contributed by atoms with E-state index in [1.807, 2.05) is 19.1 Å². The van der Waals surface area contributed by atoms with Crippen molar-refractivity contribution < 1.29 is 17.5 Å². The Morgan fingerprint density at radius 2 is 1.76 bits per heavy atom. The van der Waals surface area contributed by atoms with Crippen molar-refractivity contribution in [2.75, 3.05) is 0 Å². The number of hydrogen-bond donors (Lipinski definition) is 0. The summed E-state index contributed by atoms with van der Waals surface area (Å²) in [6.45, 7) is 1.90. The first-order valence-corrected chi connectivity index (χ1v) is 9.62. The van der Waals surface area contributed by atoms with Crippen LogP contribution in [-0.4, -0.2) is 24.7 Å². The minimum Gasteiger partial charge on any atom is -0.475 e. The van der Waals surface area contributed by atoms with Crippen molar-refractivity contribution in [3.05, 3.63) is 60.2 Å². The molecule has 0 spiro atoms. The molecule has 1 heterocycles. The molecule has 0 N–H and O–H groups in total. The number of alkyl halides is 1. The Hall–Kier alpha value is -2.34. The lowest BCUT2D eigenvalue weighted by Crippen LogP contribution is -2.35. The lowest BCUT2D eigenvalue weighted by Gasteiger charge is -2.30. The Balaban J connectivity index is 1.85. The van der Waals surface area contributed by atoms with Crippen LogP contribution in [0.25, 0.3) is 10.9 Å². The number of aromatic nitrogens is 1. The van der Waals surface area contributed by atoms with Crippen molar-refractivity contribution in [2.24, 2.45) is 0 Å². The molecule has 1 fully saturated rings. The summed E-state index contributed by atoms with van der Waals surface area (Å²) in [6.07, 6.45) is -0.555. The molecule has 4 nitrogen and oxygen atoms in total. The fourth-order valence-electron chi connectivity index (χ4n) is 3.02. The topological polar surface area (TPSA) is 48.3 Å². The molecule has 0 bridgehead atoms. The molecule has 1 aromatic heterocycles. The highest BCUT2D eigenvalue weighted by Gasteiger charge is 2.33. The van der Waals surface area contributed by atoms with Crippen molar-refractivity contribution in [1.82, 2.24) is 3.97 Å². The predicted octanol–water partition coefficient (Wildman–Crippen LogP) is 4.07. The lowest BCUT2D eigenvalue weighted by atomic mass is 9.94. The molecule has 6 heteroatoms. The van der Waals surface area contributed by atoms with Gasteiger partial charge in [-0.15, -0.1) is 0 Å². The van der Waals surface area contributed by atoms with Gasteiger partial charge in [0.05, 0.1) is 10.4 Å². The molecule has 4 rings (SSSR count). The van der Waals surface area contributed by atoms with Crippen molar-refractivity contribution >= 4 is 20.9 Å². The van der Waals surface area contributed by atoms with Crippen LogP contribution in [0.3, 0.4) is 0 Å². The molecule has 0 unspecified atom stereocenters. The van der Waals surface area contributed by atoms with Crippen LogP contribution in [-0.2, 0) is 10.0 Å². The summed E-state index contributed by atoms with van der Waals surface area (Å²) in [7, 11) is -3.82. The van der Waals surface area contributed by atoms with Gasteiger partial charge in [-0.3, -0.25) is 0 Å². The Morgan fingerprint density at radius 3 is 2.44 bits per heavy atom. The molecule has 0 aliphatic heterocycles. The van der Waals surface area contributed by atoms with Crippen LogP contribution in [0.2, 0.25) is 0 Å². The molecule has 0 saturated heterocycles. The minimum atomic E-state index is -3.82. The highest BCUT2D eigenvalue weighted by molar-refractivity contribution is 7.90. The van der Waals surface area contributed by atoms with E-state index in [0.717, 1.165) is 10.9 Å². The van der Waals surface area contributed by atoms with E-state index in [-0.39, 0.29) is 16.9 Å². The van der Waals surface area contributed by atoms with Gasteiger partial charge in [-0.25, -0.2) is 16.8 Å². The van der Waals surface area contributed by atoms with E-state index < -0.39 is 16.2 Å². The molecular weight excluding hydrogens is 341 g/mol. The maximum absolute atomic E-state index is 13.2. The quantitative estimate of drug-likeness (QED) is 0.706. The number of halogens is 1. The smallest absolute Gasteiger partial charge is 0.271 e. The summed E-state index contributed by atoms with van der Waals surface area (Å²) in [5.41, 5.74) is 1.53. The van der Waals surface area contributed by atoms with E-state index in [9.17, 15) is 12.8 Å². The number of rotatable bonds is 4. The summed E-state index contributed by atoms with van der Waals surface area (Å²) in [4.78, 5) is 0.196. The van der Waals surface area contributed by atoms with Crippen LogP contribution in [0, 0.1) is 6.92 Å². The van der Waals surface area contributed by atoms with Gasteiger partial charge in [-0.1, -0.05) is 35.9 Å². The van der Waals surface area contributed by atoms with Gasteiger partial charge in [-0.05, 0) is 25.1 Å². The fraction of sp³-hybridized carbons (Fsp3) is 0.263. The summed E-state index contributed by atoms with van der Waals surface area (Å²) in [5.74, 6) is 0.235. The summed E-state index contributed by atoms with van der Waals surface area (Å²) < 4.78 is 46.5. The van der Waals surface area contributed by atoms with Gasteiger partial charge in [0.25, 0.3) is 10.0 Å². The second-order valence-corrected chi connectivity index (χ2v) is 8.22. The van der Waals surface area contributed by atoms with Crippen LogP contribution in [0.4, 0.5) is 4.39 Å². The zero-order valence-electron chi connectivity index (χ0n) is 13.7. The summed E-state index contributed by atoms with van der Waals surface area (Å²) in [5, 5.41) is 0.768. The van der Waals surface area contributed by atoms with E-state index in [1.165, 1.54) is 3.97 Å². The number of fused-ring (bicyclic) bond motifs is 1. The molecule has 0 atom stereocenters. The average molecular weight is 359 g/mol. The number of para-hydroxylation sites is 1. The van der Waals surface area contributed by atoms with Crippen LogP contribution in [0.1, 0.15) is 18.4 Å². The maximum atomic E-state index is 13.2. The van der Waals surface area contributed by atoms with Crippen LogP contribution in [0.15, 0.2) is 59.5 Å². The van der Waals surface area contributed by atoms with Gasteiger partial charge in [0.15, 0.2) is 0 Å². The van der Waals surface area contributed by atoms with E-state index in [4.69, 9.17) is 4.74 Å². The van der Waals surface area contributed by atoms with E-state index >= 15 is 0 Å². The highest BCUT2D eigenvalue weighted by atomic mass is 32.2. The predicted molar refractivity (Wildman–Crippen MR) is 94.2 cm³/mol. The van der Waals surface area contributed by atoms with Crippen molar-refractivity contribution in [2.45, 2.75) is 36.9 Å². The second-order valence-electron chi connectivity index (χ2n) is 6.43. The average Bonchev–Trinajstić information content (AvgIpc) is 2.92. The number of aryl methyl sites for hydroxylation is 1. The molecule has 0 radical (unpaired) electrons. The third kappa shape index (κ3) is 2.80.